The molecule has 0 aliphatic carbocycles. The van der Waals surface area contributed by atoms with Crippen molar-refractivity contribution < 1.29 is 4.79 Å². The molecule has 0 aliphatic heterocycles. The van der Waals surface area contributed by atoms with Crippen molar-refractivity contribution in [3.05, 3.63) is 23.8 Å². The summed E-state index contributed by atoms with van der Waals surface area (Å²) in [6.07, 6.45) is 0. The number of anilines is 1. The van der Waals surface area contributed by atoms with Gasteiger partial charge in [-0.2, -0.15) is 0 Å². The van der Waals surface area contributed by atoms with E-state index in [0.29, 0.717) is 11.7 Å². The summed E-state index contributed by atoms with van der Waals surface area (Å²) in [4.78, 5) is 12.7. The highest BCUT2D eigenvalue weighted by Gasteiger charge is 2.11. The maximum Gasteiger partial charge on any atom is 0.230 e. The number of carbonyl (C=O) groups is 1. The summed E-state index contributed by atoms with van der Waals surface area (Å²) < 4.78 is 0. The van der Waals surface area contributed by atoms with E-state index in [4.69, 9.17) is 5.73 Å². The van der Waals surface area contributed by atoms with Crippen molar-refractivity contribution in [3.63, 3.8) is 0 Å². The fourth-order valence-electron chi connectivity index (χ4n) is 1.40. The Balaban J connectivity index is 2.47. The normalized spacial score (nSPS) is 12.5. The van der Waals surface area contributed by atoms with Gasteiger partial charge in [0.2, 0.25) is 5.91 Å². The smallest absolute Gasteiger partial charge is 0.230 e. The third-order valence-electron chi connectivity index (χ3n) is 2.91. The second kappa shape index (κ2) is 6.69. The van der Waals surface area contributed by atoms with Crippen molar-refractivity contribution in [3.8, 4) is 0 Å². The van der Waals surface area contributed by atoms with Gasteiger partial charge in [-0.15, -0.1) is 11.8 Å². The van der Waals surface area contributed by atoms with Crippen LogP contribution < -0.4 is 11.1 Å². The fourth-order valence-corrected chi connectivity index (χ4v) is 2.16. The molecule has 1 rings (SSSR count). The van der Waals surface area contributed by atoms with Gasteiger partial charge in [-0.05, 0) is 37.5 Å². The lowest BCUT2D eigenvalue weighted by Gasteiger charge is -2.17. The number of carbonyl (C=O) groups excluding carboxylic acids is 1. The van der Waals surface area contributed by atoms with Gasteiger partial charge < -0.3 is 11.1 Å². The summed E-state index contributed by atoms with van der Waals surface area (Å²) in [6, 6.07) is 6.10. The molecule has 0 aromatic heterocycles. The number of aryl methyl sites for hydroxylation is 1. The Labute approximate surface area is 114 Å². The predicted molar refractivity (Wildman–Crippen MR) is 78.8 cm³/mol. The molecule has 1 aromatic rings. The Bertz CT molecular complexity index is 418. The summed E-state index contributed by atoms with van der Waals surface area (Å²) in [5, 5.41) is 2.98. The zero-order valence-corrected chi connectivity index (χ0v) is 12.3. The number of rotatable bonds is 5. The molecule has 0 radical (unpaired) electrons. The summed E-state index contributed by atoms with van der Waals surface area (Å²) >= 11 is 1.48. The van der Waals surface area contributed by atoms with Gasteiger partial charge in [-0.1, -0.05) is 19.9 Å². The van der Waals surface area contributed by atoms with Crippen molar-refractivity contribution in [1.29, 1.82) is 0 Å². The first kappa shape index (κ1) is 14.9. The molecule has 1 atom stereocenters. The van der Waals surface area contributed by atoms with Gasteiger partial charge in [0, 0.05) is 16.6 Å². The van der Waals surface area contributed by atoms with Crippen LogP contribution in [0.25, 0.3) is 0 Å². The summed E-state index contributed by atoms with van der Waals surface area (Å²) in [5.41, 5.74) is 7.78. The number of nitrogens with one attached hydrogen (secondary N) is 1. The van der Waals surface area contributed by atoms with Crippen molar-refractivity contribution in [2.24, 2.45) is 5.92 Å². The van der Waals surface area contributed by atoms with E-state index in [1.54, 1.807) is 0 Å². The minimum Gasteiger partial charge on any atom is -0.398 e. The largest absolute Gasteiger partial charge is 0.398 e. The number of amides is 1. The number of hydrogen-bond donors (Lipinski definition) is 2. The fraction of sp³-hybridized carbons (Fsp3) is 0.500. The van der Waals surface area contributed by atoms with Gasteiger partial charge in [0.25, 0.3) is 0 Å². The van der Waals surface area contributed by atoms with Gasteiger partial charge in [-0.3, -0.25) is 4.79 Å². The SMILES string of the molecule is Cc1ccc(SCC(=O)NC(C)C(C)C)c(N)c1. The second-order valence-electron chi connectivity index (χ2n) is 4.93. The molecule has 0 spiro atoms. The molecule has 0 saturated heterocycles. The Hall–Kier alpha value is -1.16. The van der Waals surface area contributed by atoms with Gasteiger partial charge in [0.05, 0.1) is 5.75 Å². The maximum absolute atomic E-state index is 11.7. The molecule has 18 heavy (non-hydrogen) atoms. The average molecular weight is 266 g/mol. The van der Waals surface area contributed by atoms with Crippen LogP contribution in [0.15, 0.2) is 23.1 Å². The van der Waals surface area contributed by atoms with Crippen LogP contribution >= 0.6 is 11.8 Å². The third kappa shape index (κ3) is 4.61. The monoisotopic (exact) mass is 266 g/mol. The number of hydrogen-bond acceptors (Lipinski definition) is 3. The van der Waals surface area contributed by atoms with Crippen LogP contribution in [0.2, 0.25) is 0 Å². The standard InChI is InChI=1S/C14H22N2OS/c1-9(2)11(4)16-14(17)8-18-13-6-5-10(3)7-12(13)15/h5-7,9,11H,8,15H2,1-4H3,(H,16,17). The molecule has 0 bridgehead atoms. The van der Waals surface area contributed by atoms with E-state index in [2.05, 4.69) is 19.2 Å². The summed E-state index contributed by atoms with van der Waals surface area (Å²) in [6.45, 7) is 8.21. The molecule has 4 heteroatoms. The van der Waals surface area contributed by atoms with Crippen molar-refractivity contribution >= 4 is 23.4 Å². The van der Waals surface area contributed by atoms with Crippen LogP contribution in [0.5, 0.6) is 0 Å². The Morgan fingerprint density at radius 1 is 1.39 bits per heavy atom. The molecule has 100 valence electrons. The van der Waals surface area contributed by atoms with E-state index in [0.717, 1.165) is 16.1 Å². The zero-order chi connectivity index (χ0) is 13.7. The van der Waals surface area contributed by atoms with E-state index < -0.39 is 0 Å². The van der Waals surface area contributed by atoms with E-state index in [1.807, 2.05) is 32.0 Å². The first-order valence-electron chi connectivity index (χ1n) is 6.18. The number of benzene rings is 1. The lowest BCUT2D eigenvalue weighted by Crippen LogP contribution is -2.37. The van der Waals surface area contributed by atoms with Crippen LogP contribution in [0, 0.1) is 12.8 Å². The van der Waals surface area contributed by atoms with Crippen LogP contribution in [0.4, 0.5) is 5.69 Å². The molecular weight excluding hydrogens is 244 g/mol. The Kier molecular flexibility index (Phi) is 5.54. The second-order valence-corrected chi connectivity index (χ2v) is 5.95. The highest BCUT2D eigenvalue weighted by atomic mass is 32.2. The van der Waals surface area contributed by atoms with E-state index >= 15 is 0 Å². The number of nitrogens with two attached hydrogens (primary N) is 1. The van der Waals surface area contributed by atoms with Gasteiger partial charge in [-0.25, -0.2) is 0 Å². The number of thioether (sulfide) groups is 1. The predicted octanol–water partition coefficient (Wildman–Crippen LogP) is 2.83. The minimum atomic E-state index is 0.0566. The van der Waals surface area contributed by atoms with E-state index in [1.165, 1.54) is 11.8 Å². The lowest BCUT2D eigenvalue weighted by atomic mass is 10.1. The molecule has 3 N–H and O–H groups in total. The molecule has 0 aliphatic rings. The highest BCUT2D eigenvalue weighted by Crippen LogP contribution is 2.25. The van der Waals surface area contributed by atoms with Gasteiger partial charge >= 0.3 is 0 Å². The maximum atomic E-state index is 11.7. The van der Waals surface area contributed by atoms with Crippen molar-refractivity contribution in [2.45, 2.75) is 38.6 Å². The molecular formula is C14H22N2OS. The molecule has 1 unspecified atom stereocenters. The first-order valence-corrected chi connectivity index (χ1v) is 7.17. The van der Waals surface area contributed by atoms with Gasteiger partial charge in [0.15, 0.2) is 0 Å². The third-order valence-corrected chi connectivity index (χ3v) is 4.00. The van der Waals surface area contributed by atoms with E-state index in [9.17, 15) is 4.79 Å². The van der Waals surface area contributed by atoms with E-state index in [-0.39, 0.29) is 11.9 Å². The quantitative estimate of drug-likeness (QED) is 0.636. The van der Waals surface area contributed by atoms with Gasteiger partial charge in [0.1, 0.15) is 0 Å². The Morgan fingerprint density at radius 3 is 2.61 bits per heavy atom. The highest BCUT2D eigenvalue weighted by molar-refractivity contribution is 8.00. The molecule has 1 amide bonds. The number of nitrogen functional groups attached to an aromatic ring is 1. The summed E-state index contributed by atoms with van der Waals surface area (Å²) in [7, 11) is 0. The zero-order valence-electron chi connectivity index (χ0n) is 11.5. The molecule has 0 saturated carbocycles. The van der Waals surface area contributed by atoms with Crippen molar-refractivity contribution in [1.82, 2.24) is 5.32 Å². The van der Waals surface area contributed by atoms with Crippen molar-refractivity contribution in [2.75, 3.05) is 11.5 Å². The Morgan fingerprint density at radius 2 is 2.06 bits per heavy atom. The van der Waals surface area contributed by atoms with Crippen LogP contribution in [0.1, 0.15) is 26.3 Å². The molecule has 0 heterocycles. The molecule has 3 nitrogen and oxygen atoms in total. The topological polar surface area (TPSA) is 55.1 Å². The first-order chi connectivity index (χ1) is 8.40. The average Bonchev–Trinajstić information content (AvgIpc) is 2.27. The van der Waals surface area contributed by atoms with Crippen LogP contribution in [-0.2, 0) is 4.79 Å². The molecule has 1 aromatic carbocycles. The minimum absolute atomic E-state index is 0.0566. The van der Waals surface area contributed by atoms with Crippen LogP contribution in [-0.4, -0.2) is 17.7 Å². The molecule has 0 fully saturated rings. The lowest BCUT2D eigenvalue weighted by molar-refractivity contribution is -0.119. The summed E-state index contributed by atoms with van der Waals surface area (Å²) in [5.74, 6) is 0.911. The van der Waals surface area contributed by atoms with Crippen LogP contribution in [0.3, 0.4) is 0 Å².